The Morgan fingerprint density at radius 2 is 1.94 bits per heavy atom. The summed E-state index contributed by atoms with van der Waals surface area (Å²) < 4.78 is 50.4. The zero-order valence-corrected chi connectivity index (χ0v) is 9.18. The van der Waals surface area contributed by atoms with Crippen LogP contribution >= 0.6 is 0 Å². The zero-order valence-electron chi connectivity index (χ0n) is 9.18. The number of hydrogen-bond donors (Lipinski definition) is 2. The molecule has 0 saturated heterocycles. The third-order valence-corrected chi connectivity index (χ3v) is 2.28. The van der Waals surface area contributed by atoms with E-state index < -0.39 is 30.2 Å². The summed E-state index contributed by atoms with van der Waals surface area (Å²) in [5.74, 6) is -0.967. The molecule has 0 amide bonds. The highest BCUT2D eigenvalue weighted by atomic mass is 19.4. The topological polar surface area (TPSA) is 32.3 Å². The first-order chi connectivity index (χ1) is 7.88. The summed E-state index contributed by atoms with van der Waals surface area (Å²) in [6.45, 7) is 1.81. The molecule has 1 atom stereocenters. The lowest BCUT2D eigenvalue weighted by molar-refractivity contribution is -0.137. The lowest BCUT2D eigenvalue weighted by Crippen LogP contribution is -2.24. The number of aliphatic hydroxyl groups is 1. The van der Waals surface area contributed by atoms with Gasteiger partial charge in [0, 0.05) is 0 Å². The molecule has 0 aliphatic rings. The number of benzene rings is 1. The van der Waals surface area contributed by atoms with Gasteiger partial charge >= 0.3 is 6.18 Å². The van der Waals surface area contributed by atoms with Crippen LogP contribution in [0.15, 0.2) is 18.2 Å². The Bertz CT molecular complexity index is 378. The molecule has 1 rings (SSSR count). The van der Waals surface area contributed by atoms with E-state index in [-0.39, 0.29) is 5.56 Å². The number of nitrogens with one attached hydrogen (secondary N) is 1. The van der Waals surface area contributed by atoms with Crippen LogP contribution in [0, 0.1) is 5.82 Å². The predicted molar refractivity (Wildman–Crippen MR) is 54.9 cm³/mol. The van der Waals surface area contributed by atoms with Crippen LogP contribution in [0.25, 0.3) is 0 Å². The molecule has 2 nitrogen and oxygen atoms in total. The van der Waals surface area contributed by atoms with Gasteiger partial charge in [-0.25, -0.2) is 4.39 Å². The Morgan fingerprint density at radius 3 is 2.41 bits per heavy atom. The molecule has 0 saturated carbocycles. The third-order valence-electron chi connectivity index (χ3n) is 2.28. The van der Waals surface area contributed by atoms with Crippen LogP contribution < -0.4 is 5.32 Å². The second-order valence-corrected chi connectivity index (χ2v) is 3.56. The van der Waals surface area contributed by atoms with Gasteiger partial charge in [-0.1, -0.05) is 6.92 Å². The molecule has 0 bridgehead atoms. The van der Waals surface area contributed by atoms with E-state index in [0.717, 1.165) is 12.1 Å². The first-order valence-electron chi connectivity index (χ1n) is 5.10. The van der Waals surface area contributed by atoms with Crippen molar-refractivity contribution >= 4 is 0 Å². The van der Waals surface area contributed by atoms with Crippen LogP contribution in [0.3, 0.4) is 0 Å². The molecule has 17 heavy (non-hydrogen) atoms. The van der Waals surface area contributed by atoms with Gasteiger partial charge < -0.3 is 10.4 Å². The molecule has 0 heterocycles. The number of aliphatic hydroxyl groups excluding tert-OH is 1. The second-order valence-electron chi connectivity index (χ2n) is 3.56. The fraction of sp³-hybridized carbons (Fsp3) is 0.455. The van der Waals surface area contributed by atoms with Crippen molar-refractivity contribution in [2.45, 2.75) is 19.1 Å². The van der Waals surface area contributed by atoms with Gasteiger partial charge in [0.2, 0.25) is 0 Å². The Kier molecular flexibility index (Phi) is 4.47. The molecule has 1 aromatic carbocycles. The molecule has 0 spiro atoms. The van der Waals surface area contributed by atoms with Gasteiger partial charge in [-0.2, -0.15) is 13.2 Å². The number of hydrogen-bond acceptors (Lipinski definition) is 2. The molecule has 6 heteroatoms. The summed E-state index contributed by atoms with van der Waals surface area (Å²) in [5, 5.41) is 11.8. The standard InChI is InChI=1S/C11H13F4NO/c1-2-16-10(6-17)7-3-8(11(13,14)15)5-9(12)4-7/h3-5,10,16-17H,2,6H2,1H3. The molecule has 1 unspecified atom stereocenters. The molecule has 0 aliphatic heterocycles. The molecule has 0 aromatic heterocycles. The first-order valence-corrected chi connectivity index (χ1v) is 5.10. The van der Waals surface area contributed by atoms with Gasteiger partial charge in [0.25, 0.3) is 0 Å². The van der Waals surface area contributed by atoms with E-state index in [9.17, 15) is 17.6 Å². The summed E-state index contributed by atoms with van der Waals surface area (Å²) >= 11 is 0. The minimum atomic E-state index is -4.59. The minimum Gasteiger partial charge on any atom is -0.394 e. The van der Waals surface area contributed by atoms with Gasteiger partial charge in [-0.05, 0) is 30.3 Å². The molecule has 2 N–H and O–H groups in total. The maximum absolute atomic E-state index is 13.1. The zero-order chi connectivity index (χ0) is 13.1. The number of alkyl halides is 3. The molecule has 1 aromatic rings. The van der Waals surface area contributed by atoms with Crippen LogP contribution in [0.1, 0.15) is 24.1 Å². The van der Waals surface area contributed by atoms with E-state index >= 15 is 0 Å². The van der Waals surface area contributed by atoms with Crippen molar-refractivity contribution in [2.75, 3.05) is 13.2 Å². The molecular formula is C11H13F4NO. The monoisotopic (exact) mass is 251 g/mol. The fourth-order valence-corrected chi connectivity index (χ4v) is 1.51. The van der Waals surface area contributed by atoms with Crippen molar-refractivity contribution < 1.29 is 22.7 Å². The Labute approximate surface area is 96.3 Å². The fourth-order valence-electron chi connectivity index (χ4n) is 1.51. The van der Waals surface area contributed by atoms with Gasteiger partial charge in [-0.15, -0.1) is 0 Å². The summed E-state index contributed by atoms with van der Waals surface area (Å²) in [7, 11) is 0. The van der Waals surface area contributed by atoms with E-state index in [1.807, 2.05) is 0 Å². The maximum Gasteiger partial charge on any atom is 0.416 e. The van der Waals surface area contributed by atoms with Crippen molar-refractivity contribution in [1.29, 1.82) is 0 Å². The van der Waals surface area contributed by atoms with E-state index in [1.54, 1.807) is 6.92 Å². The van der Waals surface area contributed by atoms with E-state index in [0.29, 0.717) is 12.6 Å². The molecule has 0 fully saturated rings. The SMILES string of the molecule is CCNC(CO)c1cc(F)cc(C(F)(F)F)c1. The number of rotatable bonds is 4. The van der Waals surface area contributed by atoms with Crippen LogP contribution in [0.5, 0.6) is 0 Å². The average Bonchev–Trinajstić information content (AvgIpc) is 2.23. The highest BCUT2D eigenvalue weighted by Crippen LogP contribution is 2.31. The normalized spacial score (nSPS) is 13.8. The van der Waals surface area contributed by atoms with Gasteiger partial charge in [0.05, 0.1) is 18.2 Å². The number of halogens is 4. The summed E-state index contributed by atoms with van der Waals surface area (Å²) in [6, 6.07) is 1.56. The van der Waals surface area contributed by atoms with Crippen LogP contribution in [0.4, 0.5) is 17.6 Å². The largest absolute Gasteiger partial charge is 0.416 e. The van der Waals surface area contributed by atoms with E-state index in [4.69, 9.17) is 5.11 Å². The molecular weight excluding hydrogens is 238 g/mol. The average molecular weight is 251 g/mol. The number of likely N-dealkylation sites (N-methyl/N-ethyl adjacent to an activating group) is 1. The Balaban J connectivity index is 3.12. The molecule has 0 radical (unpaired) electrons. The van der Waals surface area contributed by atoms with Gasteiger partial charge in [-0.3, -0.25) is 0 Å². The lowest BCUT2D eigenvalue weighted by Gasteiger charge is -2.17. The van der Waals surface area contributed by atoms with Gasteiger partial charge in [0.15, 0.2) is 0 Å². The second kappa shape index (κ2) is 5.46. The Morgan fingerprint density at radius 1 is 1.29 bits per heavy atom. The summed E-state index contributed by atoms with van der Waals surface area (Å²) in [4.78, 5) is 0. The van der Waals surface area contributed by atoms with Crippen molar-refractivity contribution in [3.05, 3.63) is 35.1 Å². The maximum atomic E-state index is 13.1. The van der Waals surface area contributed by atoms with E-state index in [2.05, 4.69) is 5.32 Å². The smallest absolute Gasteiger partial charge is 0.394 e. The Hall–Kier alpha value is -1.14. The summed E-state index contributed by atoms with van der Waals surface area (Å²) in [5.41, 5.74) is -0.967. The van der Waals surface area contributed by atoms with Gasteiger partial charge in [0.1, 0.15) is 5.82 Å². The van der Waals surface area contributed by atoms with Crippen LogP contribution in [-0.2, 0) is 6.18 Å². The highest BCUT2D eigenvalue weighted by molar-refractivity contribution is 5.29. The van der Waals surface area contributed by atoms with Crippen LogP contribution in [-0.4, -0.2) is 18.3 Å². The third kappa shape index (κ3) is 3.67. The predicted octanol–water partition coefficient (Wildman–Crippen LogP) is 2.49. The lowest BCUT2D eigenvalue weighted by atomic mass is 10.0. The van der Waals surface area contributed by atoms with Crippen LogP contribution in [0.2, 0.25) is 0 Å². The summed E-state index contributed by atoms with van der Waals surface area (Å²) in [6.07, 6.45) is -4.59. The van der Waals surface area contributed by atoms with Crippen molar-refractivity contribution in [3.63, 3.8) is 0 Å². The quantitative estimate of drug-likeness (QED) is 0.806. The van der Waals surface area contributed by atoms with Crippen molar-refractivity contribution in [1.82, 2.24) is 5.32 Å². The minimum absolute atomic E-state index is 0.0849. The van der Waals surface area contributed by atoms with Crippen molar-refractivity contribution in [2.24, 2.45) is 0 Å². The molecule has 96 valence electrons. The highest BCUT2D eigenvalue weighted by Gasteiger charge is 2.31. The van der Waals surface area contributed by atoms with E-state index in [1.165, 1.54) is 0 Å². The first kappa shape index (κ1) is 13.9. The van der Waals surface area contributed by atoms with Crippen molar-refractivity contribution in [3.8, 4) is 0 Å². The molecule has 0 aliphatic carbocycles.